The standard InChI is InChI=1S/C26H29N5O3/c1-17-20(15-33-13-18-8-4-2-5-9-18)22(34-14-19-10-6-3-7-11-19)12-21(17)31-16-28-23-24(31)29-26(27)30-25(23)32/h2-11,16,20-24H,1,12-15H2,(H3,27,29,30,32)/t20-,21-,22-,23?,24?/m0/s1. The van der Waals surface area contributed by atoms with Crippen molar-refractivity contribution in [1.29, 1.82) is 0 Å². The number of carbonyl (C=O) groups excluding carboxylic acids is 1. The number of hydrogen-bond acceptors (Lipinski definition) is 7. The quantitative estimate of drug-likeness (QED) is 0.590. The Morgan fingerprint density at radius 1 is 1.06 bits per heavy atom. The highest BCUT2D eigenvalue weighted by Crippen LogP contribution is 2.39. The molecule has 2 heterocycles. The molecule has 8 heteroatoms. The highest BCUT2D eigenvalue weighted by molar-refractivity contribution is 6.02. The summed E-state index contributed by atoms with van der Waals surface area (Å²) in [6.07, 6.45) is 1.86. The maximum Gasteiger partial charge on any atom is 0.255 e. The van der Waals surface area contributed by atoms with Crippen molar-refractivity contribution in [2.24, 2.45) is 21.6 Å². The predicted molar refractivity (Wildman–Crippen MR) is 130 cm³/mol. The fourth-order valence-corrected chi connectivity index (χ4v) is 4.83. The van der Waals surface area contributed by atoms with Gasteiger partial charge in [-0.2, -0.15) is 0 Å². The van der Waals surface area contributed by atoms with Gasteiger partial charge in [0.1, 0.15) is 0 Å². The van der Waals surface area contributed by atoms with Gasteiger partial charge in [0.15, 0.2) is 18.2 Å². The van der Waals surface area contributed by atoms with Gasteiger partial charge in [-0.15, -0.1) is 0 Å². The molecule has 8 nitrogen and oxygen atoms in total. The maximum atomic E-state index is 12.3. The van der Waals surface area contributed by atoms with Gasteiger partial charge in [0.2, 0.25) is 0 Å². The van der Waals surface area contributed by atoms with Crippen molar-refractivity contribution in [3.05, 3.63) is 83.9 Å². The smallest absolute Gasteiger partial charge is 0.255 e. The Labute approximate surface area is 199 Å². The number of nitrogens with two attached hydrogens (primary N) is 1. The molecule has 1 aliphatic carbocycles. The fourth-order valence-electron chi connectivity index (χ4n) is 4.83. The number of aliphatic imine (C=N–C) groups is 2. The molecule has 2 aromatic carbocycles. The van der Waals surface area contributed by atoms with Crippen molar-refractivity contribution in [3.63, 3.8) is 0 Å². The average molecular weight is 460 g/mol. The Hall–Kier alpha value is -3.49. The summed E-state index contributed by atoms with van der Waals surface area (Å²) in [7, 11) is 0. The van der Waals surface area contributed by atoms with Crippen LogP contribution in [0, 0.1) is 5.92 Å². The zero-order chi connectivity index (χ0) is 23.5. The molecule has 5 atom stereocenters. The van der Waals surface area contributed by atoms with Crippen molar-refractivity contribution < 1.29 is 14.3 Å². The number of nitrogens with one attached hydrogen (secondary N) is 1. The molecule has 0 radical (unpaired) electrons. The van der Waals surface area contributed by atoms with E-state index in [1.807, 2.05) is 53.4 Å². The van der Waals surface area contributed by atoms with E-state index in [0.29, 0.717) is 26.2 Å². The minimum absolute atomic E-state index is 0.00335. The number of hydrogen-bond donors (Lipinski definition) is 2. The van der Waals surface area contributed by atoms with Gasteiger partial charge in [0, 0.05) is 5.92 Å². The lowest BCUT2D eigenvalue weighted by Gasteiger charge is -2.32. The van der Waals surface area contributed by atoms with Crippen molar-refractivity contribution >= 4 is 18.2 Å². The first-order chi connectivity index (χ1) is 16.6. The summed E-state index contributed by atoms with van der Waals surface area (Å²) in [5.74, 6) is -0.118. The van der Waals surface area contributed by atoms with Crippen LogP contribution in [-0.2, 0) is 27.5 Å². The third-order valence-electron chi connectivity index (χ3n) is 6.62. The monoisotopic (exact) mass is 459 g/mol. The van der Waals surface area contributed by atoms with Crippen LogP contribution in [0.2, 0.25) is 0 Å². The van der Waals surface area contributed by atoms with E-state index in [4.69, 9.17) is 15.2 Å². The molecule has 0 aromatic heterocycles. The zero-order valence-corrected chi connectivity index (χ0v) is 18.9. The van der Waals surface area contributed by atoms with Crippen LogP contribution >= 0.6 is 0 Å². The lowest BCUT2D eigenvalue weighted by Crippen LogP contribution is -2.55. The van der Waals surface area contributed by atoms with Crippen molar-refractivity contribution in [2.45, 2.75) is 44.0 Å². The van der Waals surface area contributed by atoms with E-state index in [2.05, 4.69) is 34.0 Å². The van der Waals surface area contributed by atoms with Gasteiger partial charge < -0.3 is 20.1 Å². The number of fused-ring (bicyclic) bond motifs is 1. The van der Waals surface area contributed by atoms with Crippen LogP contribution in [-0.4, -0.2) is 54.1 Å². The Morgan fingerprint density at radius 2 is 1.74 bits per heavy atom. The molecule has 3 N–H and O–H groups in total. The highest BCUT2D eigenvalue weighted by atomic mass is 16.5. The number of guanidine groups is 1. The second kappa shape index (κ2) is 9.79. The van der Waals surface area contributed by atoms with E-state index in [9.17, 15) is 4.79 Å². The van der Waals surface area contributed by atoms with Crippen LogP contribution < -0.4 is 11.1 Å². The largest absolute Gasteiger partial charge is 0.376 e. The second-order valence-corrected chi connectivity index (χ2v) is 8.84. The van der Waals surface area contributed by atoms with Gasteiger partial charge in [0.25, 0.3) is 5.91 Å². The summed E-state index contributed by atoms with van der Waals surface area (Å²) in [5, 5.41) is 2.55. The normalized spacial score (nSPS) is 28.1. The van der Waals surface area contributed by atoms with Crippen molar-refractivity contribution in [3.8, 4) is 0 Å². The number of benzene rings is 2. The number of amides is 1. The Bertz CT molecular complexity index is 1090. The summed E-state index contributed by atoms with van der Waals surface area (Å²) in [4.78, 5) is 23.2. The third-order valence-corrected chi connectivity index (χ3v) is 6.62. The van der Waals surface area contributed by atoms with Crippen LogP contribution in [0.5, 0.6) is 0 Å². The van der Waals surface area contributed by atoms with E-state index in [-0.39, 0.29) is 29.9 Å². The minimum Gasteiger partial charge on any atom is -0.376 e. The van der Waals surface area contributed by atoms with Gasteiger partial charge in [-0.25, -0.2) is 4.99 Å². The maximum absolute atomic E-state index is 12.3. The Kier molecular flexibility index (Phi) is 6.42. The molecule has 2 aromatic rings. The molecule has 0 saturated heterocycles. The van der Waals surface area contributed by atoms with E-state index in [1.165, 1.54) is 0 Å². The first-order valence-corrected chi connectivity index (χ1v) is 11.5. The lowest BCUT2D eigenvalue weighted by molar-refractivity contribution is -0.122. The van der Waals surface area contributed by atoms with Crippen LogP contribution in [0.4, 0.5) is 0 Å². The number of ether oxygens (including phenoxy) is 2. The van der Waals surface area contributed by atoms with Crippen LogP contribution in [0.25, 0.3) is 0 Å². The highest BCUT2D eigenvalue weighted by Gasteiger charge is 2.48. The molecule has 1 fully saturated rings. The molecule has 0 spiro atoms. The number of nitrogens with zero attached hydrogens (tertiary/aromatic N) is 3. The SMILES string of the molecule is C=C1[C@H](COCc2ccccc2)[C@@H](OCc2ccccc2)C[C@@H]1N1C=NC2C(=O)NC(N)=NC21. The van der Waals surface area contributed by atoms with Gasteiger partial charge in [-0.05, 0) is 23.1 Å². The Morgan fingerprint density at radius 3 is 2.44 bits per heavy atom. The first-order valence-electron chi connectivity index (χ1n) is 11.5. The summed E-state index contributed by atoms with van der Waals surface area (Å²) in [5.41, 5.74) is 9.07. The topological polar surface area (TPSA) is 102 Å². The predicted octanol–water partition coefficient (Wildman–Crippen LogP) is 2.22. The number of rotatable bonds is 8. The van der Waals surface area contributed by atoms with Gasteiger partial charge >= 0.3 is 0 Å². The summed E-state index contributed by atoms with van der Waals surface area (Å²) < 4.78 is 12.5. The summed E-state index contributed by atoms with van der Waals surface area (Å²) >= 11 is 0. The molecular weight excluding hydrogens is 430 g/mol. The van der Waals surface area contributed by atoms with E-state index in [0.717, 1.165) is 16.7 Å². The van der Waals surface area contributed by atoms with Gasteiger partial charge in [-0.3, -0.25) is 15.1 Å². The summed E-state index contributed by atoms with van der Waals surface area (Å²) in [6.45, 7) is 5.95. The molecule has 1 amide bonds. The van der Waals surface area contributed by atoms with Crippen LogP contribution in [0.1, 0.15) is 17.5 Å². The molecule has 34 heavy (non-hydrogen) atoms. The molecule has 5 rings (SSSR count). The zero-order valence-electron chi connectivity index (χ0n) is 18.9. The van der Waals surface area contributed by atoms with E-state index < -0.39 is 12.2 Å². The van der Waals surface area contributed by atoms with Crippen molar-refractivity contribution in [1.82, 2.24) is 10.2 Å². The fraction of sp³-hybridized carbons (Fsp3) is 0.346. The summed E-state index contributed by atoms with van der Waals surface area (Å²) in [6, 6.07) is 19.5. The molecule has 1 saturated carbocycles. The van der Waals surface area contributed by atoms with E-state index in [1.54, 1.807) is 6.34 Å². The van der Waals surface area contributed by atoms with Gasteiger partial charge in [-0.1, -0.05) is 67.2 Å². The van der Waals surface area contributed by atoms with Crippen molar-refractivity contribution in [2.75, 3.05) is 6.61 Å². The molecular formula is C26H29N5O3. The Balaban J connectivity index is 1.31. The lowest BCUT2D eigenvalue weighted by atomic mass is 10.0. The van der Waals surface area contributed by atoms with Crippen LogP contribution in [0.15, 0.2) is 82.8 Å². The van der Waals surface area contributed by atoms with Crippen LogP contribution in [0.3, 0.4) is 0 Å². The van der Waals surface area contributed by atoms with Gasteiger partial charge in [0.05, 0.1) is 38.3 Å². The molecule has 0 bridgehead atoms. The molecule has 2 unspecified atom stereocenters. The minimum atomic E-state index is -0.600. The molecule has 176 valence electrons. The number of carbonyl (C=O) groups is 1. The van der Waals surface area contributed by atoms with E-state index >= 15 is 0 Å². The molecule has 2 aliphatic heterocycles. The second-order valence-electron chi connectivity index (χ2n) is 8.84. The first kappa shape index (κ1) is 22.3. The average Bonchev–Trinajstić information content (AvgIpc) is 3.40. The molecule has 3 aliphatic rings. The third kappa shape index (κ3) is 4.60.